The molecule has 8 atom stereocenters. The average molecular weight is 338 g/mol. The summed E-state index contributed by atoms with van der Waals surface area (Å²) in [6.07, 6.45) is 5.29. The second kappa shape index (κ2) is 4.97. The van der Waals surface area contributed by atoms with E-state index in [4.69, 9.17) is 0 Å². The van der Waals surface area contributed by atoms with Gasteiger partial charge in [0, 0.05) is 0 Å². The summed E-state index contributed by atoms with van der Waals surface area (Å²) in [4.78, 5) is 0. The largest absolute Gasteiger partial charge is 0.393 e. The van der Waals surface area contributed by atoms with Gasteiger partial charge in [-0.05, 0) is 78.9 Å². The Bertz CT molecular complexity index is 534. The van der Waals surface area contributed by atoms with Crippen molar-refractivity contribution >= 4 is 0 Å². The molecule has 4 aliphatic rings. The maximum atomic E-state index is 10.9. The van der Waals surface area contributed by atoms with Crippen LogP contribution in [0.1, 0.15) is 65.7 Å². The zero-order valence-electron chi connectivity index (χ0n) is 15.3. The highest BCUT2D eigenvalue weighted by Gasteiger charge is 2.68. The predicted octanol–water partition coefficient (Wildman–Crippen LogP) is 2.08. The second-order valence-electron chi connectivity index (χ2n) is 10.5. The minimum Gasteiger partial charge on any atom is -0.393 e. The standard InChI is InChI=1S/C20H34O4/c1-17(2)14-6-7-19-8-12(20(24,10-19)11-21)4-5-15(19)18(14,3)9-13(22)16(17)23/h12-16,21-24H,4-11H2,1-3H3/t12-,13-,14+,15-,16+,18+,19+,20+/m1/s1. The molecule has 0 amide bonds. The molecule has 4 aliphatic carbocycles. The fourth-order valence-corrected chi connectivity index (χ4v) is 8.17. The molecule has 4 N–H and O–H groups in total. The molecule has 1 spiro atoms. The summed E-state index contributed by atoms with van der Waals surface area (Å²) in [5, 5.41) is 41.9. The Morgan fingerprint density at radius 2 is 1.67 bits per heavy atom. The molecule has 0 aliphatic heterocycles. The van der Waals surface area contributed by atoms with Crippen LogP contribution in [-0.2, 0) is 0 Å². The van der Waals surface area contributed by atoms with Crippen LogP contribution in [0.5, 0.6) is 0 Å². The predicted molar refractivity (Wildman–Crippen MR) is 91.2 cm³/mol. The van der Waals surface area contributed by atoms with Crippen LogP contribution < -0.4 is 0 Å². The van der Waals surface area contributed by atoms with Crippen LogP contribution in [0.15, 0.2) is 0 Å². The highest BCUT2D eigenvalue weighted by molar-refractivity contribution is 5.18. The van der Waals surface area contributed by atoms with E-state index >= 15 is 0 Å². The Hall–Kier alpha value is -0.160. The highest BCUT2D eigenvalue weighted by atomic mass is 16.3. The van der Waals surface area contributed by atoms with Crippen molar-refractivity contribution in [2.75, 3.05) is 6.61 Å². The zero-order chi connectivity index (χ0) is 17.5. The maximum absolute atomic E-state index is 10.9. The smallest absolute Gasteiger partial charge is 0.0910 e. The van der Waals surface area contributed by atoms with E-state index in [1.165, 1.54) is 0 Å². The number of aliphatic hydroxyl groups is 4. The minimum absolute atomic E-state index is 0.00602. The second-order valence-corrected chi connectivity index (χ2v) is 10.5. The van der Waals surface area contributed by atoms with Crippen molar-refractivity contribution in [1.29, 1.82) is 0 Å². The third-order valence-corrected chi connectivity index (χ3v) is 9.08. The Kier molecular flexibility index (Phi) is 3.57. The summed E-state index contributed by atoms with van der Waals surface area (Å²) in [5.41, 5.74) is -1.06. The van der Waals surface area contributed by atoms with Gasteiger partial charge in [-0.25, -0.2) is 0 Å². The lowest BCUT2D eigenvalue weighted by Gasteiger charge is -2.65. The molecular weight excluding hydrogens is 304 g/mol. The number of rotatable bonds is 1. The lowest BCUT2D eigenvalue weighted by molar-refractivity contribution is -0.217. The molecule has 0 unspecified atom stereocenters. The molecule has 0 heterocycles. The molecule has 0 saturated heterocycles. The fourth-order valence-electron chi connectivity index (χ4n) is 8.17. The summed E-state index contributed by atoms with van der Waals surface area (Å²) in [6, 6.07) is 0. The molecule has 4 saturated carbocycles. The molecule has 4 heteroatoms. The summed E-state index contributed by atoms with van der Waals surface area (Å²) < 4.78 is 0. The van der Waals surface area contributed by atoms with Crippen molar-refractivity contribution in [2.45, 2.75) is 83.5 Å². The summed E-state index contributed by atoms with van der Waals surface area (Å²) in [7, 11) is 0. The number of hydrogen-bond acceptors (Lipinski definition) is 4. The van der Waals surface area contributed by atoms with Gasteiger partial charge in [0.15, 0.2) is 0 Å². The molecule has 4 rings (SSSR count). The molecule has 0 aromatic heterocycles. The SMILES string of the molecule is CC1(C)[C@@H](O)[C@H](O)C[C@@]2(C)[C@H]1CC[C@@]13C[C@@H](CC[C@@H]12)[C@@](O)(CO)C3. The van der Waals surface area contributed by atoms with E-state index in [2.05, 4.69) is 20.8 Å². The van der Waals surface area contributed by atoms with Crippen molar-refractivity contribution in [2.24, 2.45) is 34.0 Å². The quantitative estimate of drug-likeness (QED) is 0.590. The number of fused-ring (bicyclic) bond motifs is 3. The van der Waals surface area contributed by atoms with Gasteiger partial charge < -0.3 is 20.4 Å². The first-order chi connectivity index (χ1) is 11.1. The lowest BCUT2D eigenvalue weighted by atomic mass is 9.40. The van der Waals surface area contributed by atoms with E-state index in [0.29, 0.717) is 24.7 Å². The van der Waals surface area contributed by atoms with Crippen molar-refractivity contribution in [3.63, 3.8) is 0 Å². The van der Waals surface area contributed by atoms with Gasteiger partial charge in [-0.2, -0.15) is 0 Å². The fraction of sp³-hybridized carbons (Fsp3) is 1.00. The van der Waals surface area contributed by atoms with Gasteiger partial charge in [-0.15, -0.1) is 0 Å². The summed E-state index contributed by atoms with van der Waals surface area (Å²) in [5.74, 6) is 1.10. The van der Waals surface area contributed by atoms with Crippen molar-refractivity contribution in [3.05, 3.63) is 0 Å². The van der Waals surface area contributed by atoms with Gasteiger partial charge in [0.05, 0.1) is 24.4 Å². The van der Waals surface area contributed by atoms with Crippen LogP contribution in [-0.4, -0.2) is 44.8 Å². The molecule has 0 aromatic carbocycles. The topological polar surface area (TPSA) is 80.9 Å². The average Bonchev–Trinajstić information content (AvgIpc) is 2.72. The van der Waals surface area contributed by atoms with Crippen LogP contribution in [0.25, 0.3) is 0 Å². The van der Waals surface area contributed by atoms with Crippen molar-refractivity contribution in [3.8, 4) is 0 Å². The molecule has 24 heavy (non-hydrogen) atoms. The first kappa shape index (κ1) is 17.3. The Morgan fingerprint density at radius 1 is 0.958 bits per heavy atom. The van der Waals surface area contributed by atoms with Crippen LogP contribution in [0.2, 0.25) is 0 Å². The Morgan fingerprint density at radius 3 is 2.33 bits per heavy atom. The lowest BCUT2D eigenvalue weighted by Crippen LogP contribution is -2.63. The Labute approximate surface area is 145 Å². The zero-order valence-corrected chi connectivity index (χ0v) is 15.3. The van der Waals surface area contributed by atoms with Crippen LogP contribution in [0.4, 0.5) is 0 Å². The van der Waals surface area contributed by atoms with E-state index in [1.807, 2.05) is 0 Å². The molecular formula is C20H34O4. The van der Waals surface area contributed by atoms with E-state index in [-0.39, 0.29) is 28.8 Å². The molecule has 138 valence electrons. The minimum atomic E-state index is -0.903. The monoisotopic (exact) mass is 338 g/mol. The molecule has 0 aromatic rings. The summed E-state index contributed by atoms with van der Waals surface area (Å²) in [6.45, 7) is 6.44. The van der Waals surface area contributed by atoms with Crippen molar-refractivity contribution in [1.82, 2.24) is 0 Å². The Balaban J connectivity index is 1.74. The maximum Gasteiger partial charge on any atom is 0.0910 e. The summed E-state index contributed by atoms with van der Waals surface area (Å²) >= 11 is 0. The van der Waals surface area contributed by atoms with Crippen molar-refractivity contribution < 1.29 is 20.4 Å². The van der Waals surface area contributed by atoms with Gasteiger partial charge in [0.25, 0.3) is 0 Å². The molecule has 4 nitrogen and oxygen atoms in total. The number of hydrogen-bond donors (Lipinski definition) is 4. The van der Waals surface area contributed by atoms with Crippen LogP contribution >= 0.6 is 0 Å². The third kappa shape index (κ3) is 1.94. The van der Waals surface area contributed by atoms with Gasteiger partial charge in [-0.1, -0.05) is 20.8 Å². The molecule has 4 fully saturated rings. The number of aliphatic hydroxyl groups excluding tert-OH is 3. The van der Waals surface area contributed by atoms with Gasteiger partial charge in [0.2, 0.25) is 0 Å². The first-order valence-electron chi connectivity index (χ1n) is 9.78. The normalized spacial score (nSPS) is 58.9. The first-order valence-corrected chi connectivity index (χ1v) is 9.78. The highest BCUT2D eigenvalue weighted by Crippen LogP contribution is 2.72. The van der Waals surface area contributed by atoms with E-state index in [1.54, 1.807) is 0 Å². The van der Waals surface area contributed by atoms with E-state index in [0.717, 1.165) is 32.1 Å². The van der Waals surface area contributed by atoms with Crippen LogP contribution in [0, 0.1) is 34.0 Å². The van der Waals surface area contributed by atoms with Gasteiger partial charge >= 0.3 is 0 Å². The van der Waals surface area contributed by atoms with E-state index < -0.39 is 17.8 Å². The molecule has 0 radical (unpaired) electrons. The van der Waals surface area contributed by atoms with Gasteiger partial charge in [0.1, 0.15) is 0 Å². The molecule has 2 bridgehead atoms. The van der Waals surface area contributed by atoms with E-state index in [9.17, 15) is 20.4 Å². The third-order valence-electron chi connectivity index (χ3n) is 9.08. The van der Waals surface area contributed by atoms with Crippen LogP contribution in [0.3, 0.4) is 0 Å². The van der Waals surface area contributed by atoms with Gasteiger partial charge in [-0.3, -0.25) is 0 Å².